The molecule has 4 fully saturated rings. The maximum absolute atomic E-state index is 6.57. The maximum atomic E-state index is 6.57. The molecule has 7 rings (SSSR count). The summed E-state index contributed by atoms with van der Waals surface area (Å²) in [5.41, 5.74) is 4.39. The summed E-state index contributed by atoms with van der Waals surface area (Å²) in [5.74, 6) is 4.86. The van der Waals surface area contributed by atoms with Gasteiger partial charge in [-0.3, -0.25) is 0 Å². The number of rotatable bonds is 5. The van der Waals surface area contributed by atoms with Gasteiger partial charge in [0, 0.05) is 5.56 Å². The molecule has 0 aromatic heterocycles. The predicted octanol–water partition coefficient (Wildman–Crippen LogP) is 9.37. The van der Waals surface area contributed by atoms with Crippen molar-refractivity contribution in [2.24, 2.45) is 17.8 Å². The van der Waals surface area contributed by atoms with Crippen molar-refractivity contribution in [3.8, 4) is 22.6 Å². The second-order valence-electron chi connectivity index (χ2n) is 13.7. The van der Waals surface area contributed by atoms with E-state index in [1.165, 1.54) is 66.0 Å². The summed E-state index contributed by atoms with van der Waals surface area (Å²) in [4.78, 5) is 0. The molecule has 4 bridgehead atoms. The van der Waals surface area contributed by atoms with Crippen molar-refractivity contribution in [2.45, 2.75) is 82.8 Å². The fourth-order valence-electron chi connectivity index (χ4n) is 7.66. The lowest BCUT2D eigenvalue weighted by Crippen LogP contribution is -2.48. The molecule has 0 saturated heterocycles. The van der Waals surface area contributed by atoms with E-state index < -0.39 is 8.32 Å². The molecule has 0 aliphatic heterocycles. The van der Waals surface area contributed by atoms with Crippen molar-refractivity contribution in [3.63, 3.8) is 0 Å². The van der Waals surface area contributed by atoms with Crippen LogP contribution in [0, 0.1) is 17.8 Å². The summed E-state index contributed by atoms with van der Waals surface area (Å²) in [7, 11) is -0.00777. The molecule has 0 radical (unpaired) electrons. The lowest BCUT2D eigenvalue weighted by molar-refractivity contribution is -0.00613. The van der Waals surface area contributed by atoms with Gasteiger partial charge in [0.05, 0.1) is 7.11 Å². The van der Waals surface area contributed by atoms with Crippen LogP contribution in [0.5, 0.6) is 11.5 Å². The average Bonchev–Trinajstić information content (AvgIpc) is 2.81. The average molecular weight is 499 g/mol. The summed E-state index contributed by atoms with van der Waals surface area (Å²) in [6.45, 7) is 11.5. The van der Waals surface area contributed by atoms with Gasteiger partial charge in [0.2, 0.25) is 8.32 Å². The standard InChI is InChI=1S/C33H42O2Si/c1-32(2,3)36(5,6)35-29-11-9-26-16-25(7-8-27(26)17-29)28-10-12-31(34-4)30(18-28)33-19-22-13-23(20-33)15-24(14-22)21-33/h7-12,16-18,22-24H,13-15,19-21H2,1-6H3. The minimum Gasteiger partial charge on any atom is -0.543 e. The SMILES string of the molecule is COc1ccc(-c2ccc3cc(O[Si](C)(C)C(C)(C)C)ccc3c2)cc1C12CC3CC(CC(C3)C1)C2. The van der Waals surface area contributed by atoms with Crippen LogP contribution in [0.2, 0.25) is 18.1 Å². The van der Waals surface area contributed by atoms with Gasteiger partial charge in [-0.1, -0.05) is 45.0 Å². The van der Waals surface area contributed by atoms with E-state index in [0.29, 0.717) is 5.41 Å². The Labute approximate surface area is 218 Å². The highest BCUT2D eigenvalue weighted by Gasteiger charge is 2.52. The third kappa shape index (κ3) is 4.08. The topological polar surface area (TPSA) is 18.5 Å². The summed E-state index contributed by atoms with van der Waals surface area (Å²) < 4.78 is 12.5. The smallest absolute Gasteiger partial charge is 0.250 e. The molecule has 3 aromatic carbocycles. The number of methoxy groups -OCH3 is 1. The second-order valence-corrected chi connectivity index (χ2v) is 18.4. The zero-order chi connectivity index (χ0) is 25.3. The van der Waals surface area contributed by atoms with Crippen molar-refractivity contribution in [3.05, 3.63) is 60.2 Å². The van der Waals surface area contributed by atoms with Crippen LogP contribution < -0.4 is 9.16 Å². The maximum Gasteiger partial charge on any atom is 0.250 e. The molecule has 0 spiro atoms. The molecule has 0 unspecified atom stereocenters. The van der Waals surface area contributed by atoms with Crippen molar-refractivity contribution in [1.29, 1.82) is 0 Å². The van der Waals surface area contributed by atoms with Gasteiger partial charge >= 0.3 is 0 Å². The largest absolute Gasteiger partial charge is 0.543 e. The van der Waals surface area contributed by atoms with Gasteiger partial charge in [0.1, 0.15) is 11.5 Å². The Hall–Kier alpha value is -2.26. The molecule has 0 N–H and O–H groups in total. The lowest BCUT2D eigenvalue weighted by atomic mass is 9.48. The highest BCUT2D eigenvalue weighted by molar-refractivity contribution is 6.74. The van der Waals surface area contributed by atoms with E-state index in [2.05, 4.69) is 88.5 Å². The fourth-order valence-corrected chi connectivity index (χ4v) is 8.68. The van der Waals surface area contributed by atoms with Crippen LogP contribution in [0.4, 0.5) is 0 Å². The third-order valence-corrected chi connectivity index (χ3v) is 14.5. The quantitative estimate of drug-likeness (QED) is 0.326. The summed E-state index contributed by atoms with van der Waals surface area (Å²) in [6.07, 6.45) is 8.46. The molecule has 4 aliphatic carbocycles. The Morgan fingerprint density at radius 1 is 0.750 bits per heavy atom. The van der Waals surface area contributed by atoms with E-state index in [1.807, 2.05) is 7.11 Å². The van der Waals surface area contributed by atoms with Crippen LogP contribution in [0.25, 0.3) is 21.9 Å². The zero-order valence-electron chi connectivity index (χ0n) is 23.0. The fraction of sp³-hybridized carbons (Fsp3) is 0.515. The molecule has 3 heteroatoms. The van der Waals surface area contributed by atoms with Gasteiger partial charge < -0.3 is 9.16 Å². The first kappa shape index (κ1) is 24.1. The van der Waals surface area contributed by atoms with Gasteiger partial charge in [0.15, 0.2) is 0 Å². The minimum absolute atomic E-state index is 0.189. The molecule has 2 nitrogen and oxygen atoms in total. The summed E-state index contributed by atoms with van der Waals surface area (Å²) in [5, 5.41) is 2.70. The Morgan fingerprint density at radius 3 is 1.92 bits per heavy atom. The van der Waals surface area contributed by atoms with Crippen molar-refractivity contribution >= 4 is 19.1 Å². The molecule has 0 amide bonds. The van der Waals surface area contributed by atoms with E-state index in [-0.39, 0.29) is 5.04 Å². The summed E-state index contributed by atoms with van der Waals surface area (Å²) in [6, 6.07) is 20.4. The molecule has 4 aliphatic rings. The first-order valence-corrected chi connectivity index (χ1v) is 16.9. The van der Waals surface area contributed by atoms with E-state index in [0.717, 1.165) is 29.3 Å². The normalized spacial score (nSPS) is 27.4. The highest BCUT2D eigenvalue weighted by atomic mass is 28.4. The molecule has 3 aromatic rings. The van der Waals surface area contributed by atoms with E-state index >= 15 is 0 Å². The van der Waals surface area contributed by atoms with Gasteiger partial charge in [-0.15, -0.1) is 0 Å². The van der Waals surface area contributed by atoms with E-state index in [4.69, 9.17) is 9.16 Å². The van der Waals surface area contributed by atoms with Crippen LogP contribution in [0.1, 0.15) is 64.9 Å². The number of hydrogen-bond acceptors (Lipinski definition) is 2. The molecule has 4 saturated carbocycles. The van der Waals surface area contributed by atoms with Crippen LogP contribution in [-0.2, 0) is 5.41 Å². The van der Waals surface area contributed by atoms with Crippen LogP contribution in [-0.4, -0.2) is 15.4 Å². The Morgan fingerprint density at radius 2 is 1.31 bits per heavy atom. The number of fused-ring (bicyclic) bond motifs is 1. The van der Waals surface area contributed by atoms with E-state index in [1.54, 1.807) is 0 Å². The zero-order valence-corrected chi connectivity index (χ0v) is 24.0. The number of hydrogen-bond donors (Lipinski definition) is 0. The number of benzene rings is 3. The monoisotopic (exact) mass is 498 g/mol. The Bertz CT molecular complexity index is 1260. The number of ether oxygens (including phenoxy) is 1. The minimum atomic E-state index is -1.85. The summed E-state index contributed by atoms with van der Waals surface area (Å²) >= 11 is 0. The second kappa shape index (κ2) is 8.38. The lowest BCUT2D eigenvalue weighted by Gasteiger charge is -2.57. The molecule has 36 heavy (non-hydrogen) atoms. The van der Waals surface area contributed by atoms with Gasteiger partial charge in [0.25, 0.3) is 0 Å². The molecule has 0 atom stereocenters. The van der Waals surface area contributed by atoms with Crippen LogP contribution >= 0.6 is 0 Å². The van der Waals surface area contributed by atoms with Gasteiger partial charge in [-0.05, 0) is 132 Å². The van der Waals surface area contributed by atoms with Crippen molar-refractivity contribution < 1.29 is 9.16 Å². The van der Waals surface area contributed by atoms with Gasteiger partial charge in [-0.25, -0.2) is 0 Å². The predicted molar refractivity (Wildman–Crippen MR) is 154 cm³/mol. The Kier molecular flexibility index (Phi) is 5.61. The Balaban J connectivity index is 1.33. The first-order valence-electron chi connectivity index (χ1n) is 14.0. The van der Waals surface area contributed by atoms with Gasteiger partial charge in [-0.2, -0.15) is 0 Å². The van der Waals surface area contributed by atoms with Crippen LogP contribution in [0.15, 0.2) is 54.6 Å². The molecule has 0 heterocycles. The van der Waals surface area contributed by atoms with Crippen molar-refractivity contribution in [1.82, 2.24) is 0 Å². The van der Waals surface area contributed by atoms with E-state index in [9.17, 15) is 0 Å². The molecular formula is C33H42O2Si. The highest BCUT2D eigenvalue weighted by Crippen LogP contribution is 2.62. The van der Waals surface area contributed by atoms with Crippen molar-refractivity contribution in [2.75, 3.05) is 7.11 Å². The molecule has 190 valence electrons. The first-order chi connectivity index (χ1) is 17.0. The molecular weight excluding hydrogens is 456 g/mol. The third-order valence-electron chi connectivity index (χ3n) is 10.1. The van der Waals surface area contributed by atoms with Crippen LogP contribution in [0.3, 0.4) is 0 Å².